The first kappa shape index (κ1) is 13.5. The highest BCUT2D eigenvalue weighted by molar-refractivity contribution is 9.09. The molecule has 1 aromatic carbocycles. The van der Waals surface area contributed by atoms with E-state index in [0.29, 0.717) is 0 Å². The highest BCUT2D eigenvalue weighted by Gasteiger charge is 2.48. The van der Waals surface area contributed by atoms with Crippen molar-refractivity contribution in [2.75, 3.05) is 0 Å². The predicted octanol–water partition coefficient (Wildman–Crippen LogP) is 2.95. The van der Waals surface area contributed by atoms with Crippen LogP contribution >= 0.6 is 15.9 Å². The highest BCUT2D eigenvalue weighted by atomic mass is 79.9. The van der Waals surface area contributed by atoms with Gasteiger partial charge in [-0.25, -0.2) is 4.18 Å². The van der Waals surface area contributed by atoms with Crippen LogP contribution in [0.15, 0.2) is 30.3 Å². The molecule has 1 aromatic rings. The van der Waals surface area contributed by atoms with Gasteiger partial charge in [0.25, 0.3) is 0 Å². The third kappa shape index (κ3) is 3.19. The van der Waals surface area contributed by atoms with Crippen LogP contribution in [-0.4, -0.2) is 13.9 Å². The molecule has 0 aliphatic heterocycles. The van der Waals surface area contributed by atoms with Gasteiger partial charge in [-0.05, 0) is 5.56 Å². The lowest BCUT2D eigenvalue weighted by Crippen LogP contribution is -2.26. The van der Waals surface area contributed by atoms with Gasteiger partial charge in [0, 0.05) is 0 Å². The average Bonchev–Trinajstić information content (AvgIpc) is 2.16. The van der Waals surface area contributed by atoms with E-state index in [9.17, 15) is 21.6 Å². The molecule has 0 aliphatic rings. The molecule has 0 radical (unpaired) electrons. The summed E-state index contributed by atoms with van der Waals surface area (Å²) in [5.74, 6) is 0. The molecule has 3 nitrogen and oxygen atoms in total. The molecule has 16 heavy (non-hydrogen) atoms. The molecule has 0 fully saturated rings. The Bertz CT molecular complexity index is 443. The summed E-state index contributed by atoms with van der Waals surface area (Å²) in [5, 5.41) is -1.36. The summed E-state index contributed by atoms with van der Waals surface area (Å²) in [4.78, 5) is 0. The number of benzene rings is 1. The number of hydrogen-bond donors (Lipinski definition) is 0. The minimum absolute atomic E-state index is 0.273. The van der Waals surface area contributed by atoms with Gasteiger partial charge in [0.1, 0.15) is 0 Å². The summed E-state index contributed by atoms with van der Waals surface area (Å²) in [7, 11) is -5.59. The van der Waals surface area contributed by atoms with E-state index in [-0.39, 0.29) is 5.56 Å². The van der Waals surface area contributed by atoms with Crippen molar-refractivity contribution in [3.8, 4) is 0 Å². The Hall–Kier alpha value is -0.600. The Morgan fingerprint density at radius 1 is 1.19 bits per heavy atom. The molecule has 90 valence electrons. The molecule has 0 aliphatic carbocycles. The van der Waals surface area contributed by atoms with Gasteiger partial charge in [-0.2, -0.15) is 21.6 Å². The second-order valence-corrected chi connectivity index (χ2v) is 5.12. The van der Waals surface area contributed by atoms with E-state index in [1.54, 1.807) is 18.2 Å². The fourth-order valence-corrected chi connectivity index (χ4v) is 2.18. The lowest BCUT2D eigenvalue weighted by molar-refractivity contribution is -0.0548. The lowest BCUT2D eigenvalue weighted by Gasteiger charge is -2.13. The van der Waals surface area contributed by atoms with E-state index in [2.05, 4.69) is 20.1 Å². The van der Waals surface area contributed by atoms with Crippen molar-refractivity contribution in [1.82, 2.24) is 0 Å². The highest BCUT2D eigenvalue weighted by Crippen LogP contribution is 2.32. The zero-order valence-electron chi connectivity index (χ0n) is 7.61. The Balaban J connectivity index is 2.85. The van der Waals surface area contributed by atoms with Gasteiger partial charge < -0.3 is 0 Å². The van der Waals surface area contributed by atoms with Crippen LogP contribution in [0.5, 0.6) is 0 Å². The summed E-state index contributed by atoms with van der Waals surface area (Å²) >= 11 is 2.71. The summed E-state index contributed by atoms with van der Waals surface area (Å²) in [6.45, 7) is 0. The molecule has 8 heteroatoms. The Labute approximate surface area is 98.5 Å². The van der Waals surface area contributed by atoms with Gasteiger partial charge in [-0.1, -0.05) is 46.3 Å². The van der Waals surface area contributed by atoms with Gasteiger partial charge in [-0.3, -0.25) is 0 Å². The van der Waals surface area contributed by atoms with E-state index in [1.807, 2.05) is 0 Å². The monoisotopic (exact) mass is 318 g/mol. The molecule has 0 spiro atoms. The van der Waals surface area contributed by atoms with E-state index in [0.717, 1.165) is 0 Å². The van der Waals surface area contributed by atoms with E-state index in [1.165, 1.54) is 12.1 Å². The molecule has 0 saturated carbocycles. The van der Waals surface area contributed by atoms with Gasteiger partial charge in [0.15, 0.2) is 5.01 Å². The van der Waals surface area contributed by atoms with Gasteiger partial charge in [0.2, 0.25) is 0 Å². The van der Waals surface area contributed by atoms with Gasteiger partial charge in [-0.15, -0.1) is 0 Å². The molecule has 1 atom stereocenters. The zero-order chi connectivity index (χ0) is 12.4. The van der Waals surface area contributed by atoms with Crippen LogP contribution in [0.3, 0.4) is 0 Å². The molecule has 1 rings (SSSR count). The number of alkyl halides is 4. The van der Waals surface area contributed by atoms with E-state index < -0.39 is 20.6 Å². The van der Waals surface area contributed by atoms with Crippen molar-refractivity contribution < 1.29 is 25.8 Å². The molecule has 0 saturated heterocycles. The molecule has 0 bridgehead atoms. The first-order chi connectivity index (χ1) is 7.24. The largest absolute Gasteiger partial charge is 0.523 e. The topological polar surface area (TPSA) is 43.4 Å². The first-order valence-electron chi connectivity index (χ1n) is 3.92. The Morgan fingerprint density at radius 2 is 1.69 bits per heavy atom. The Kier molecular flexibility index (Phi) is 3.97. The maximum absolute atomic E-state index is 12.0. The molecular formula is C8H6BrF3O3S. The summed E-state index contributed by atoms with van der Waals surface area (Å²) in [6.07, 6.45) is 0. The number of halogens is 4. The van der Waals surface area contributed by atoms with Crippen LogP contribution in [0.25, 0.3) is 0 Å². The third-order valence-corrected chi connectivity index (χ3v) is 3.53. The molecule has 0 heterocycles. The van der Waals surface area contributed by atoms with Crippen molar-refractivity contribution in [3.05, 3.63) is 35.9 Å². The minimum atomic E-state index is -5.59. The maximum atomic E-state index is 12.0. The van der Waals surface area contributed by atoms with E-state index >= 15 is 0 Å². The Morgan fingerprint density at radius 3 is 2.12 bits per heavy atom. The van der Waals surface area contributed by atoms with Crippen LogP contribution in [0, 0.1) is 0 Å². The second kappa shape index (κ2) is 4.72. The smallest absolute Gasteiger partial charge is 0.243 e. The molecule has 0 aromatic heterocycles. The SMILES string of the molecule is O=S(=O)(OC(Br)c1ccccc1)C(F)(F)F. The van der Waals surface area contributed by atoms with Crippen molar-refractivity contribution in [2.45, 2.75) is 10.5 Å². The van der Waals surface area contributed by atoms with E-state index in [4.69, 9.17) is 0 Å². The number of rotatable bonds is 3. The van der Waals surface area contributed by atoms with Crippen LogP contribution in [0.4, 0.5) is 13.2 Å². The van der Waals surface area contributed by atoms with Crippen molar-refractivity contribution in [1.29, 1.82) is 0 Å². The average molecular weight is 319 g/mol. The molecular weight excluding hydrogens is 313 g/mol. The lowest BCUT2D eigenvalue weighted by atomic mass is 10.2. The fourth-order valence-electron chi connectivity index (χ4n) is 0.826. The fraction of sp³-hybridized carbons (Fsp3) is 0.250. The normalized spacial score (nSPS) is 14.8. The van der Waals surface area contributed by atoms with Crippen molar-refractivity contribution in [2.24, 2.45) is 0 Å². The van der Waals surface area contributed by atoms with Crippen LogP contribution in [-0.2, 0) is 14.3 Å². The summed E-state index contributed by atoms with van der Waals surface area (Å²) < 4.78 is 61.2. The second-order valence-electron chi connectivity index (χ2n) is 2.72. The summed E-state index contributed by atoms with van der Waals surface area (Å²) in [5.41, 5.74) is -5.15. The van der Waals surface area contributed by atoms with Gasteiger partial charge >= 0.3 is 15.6 Å². The van der Waals surface area contributed by atoms with Crippen LogP contribution in [0.2, 0.25) is 0 Å². The standard InChI is InChI=1S/C8H6BrF3O3S/c9-7(6-4-2-1-3-5-6)15-16(13,14)8(10,11)12/h1-5,7H. The van der Waals surface area contributed by atoms with Crippen LogP contribution < -0.4 is 0 Å². The molecule has 0 amide bonds. The molecule has 0 N–H and O–H groups in total. The first-order valence-corrected chi connectivity index (χ1v) is 6.25. The van der Waals surface area contributed by atoms with Crippen LogP contribution in [0.1, 0.15) is 10.6 Å². The van der Waals surface area contributed by atoms with Crippen molar-refractivity contribution >= 4 is 26.0 Å². The minimum Gasteiger partial charge on any atom is -0.243 e. The van der Waals surface area contributed by atoms with Crippen molar-refractivity contribution in [3.63, 3.8) is 0 Å². The zero-order valence-corrected chi connectivity index (χ0v) is 10.0. The number of hydrogen-bond acceptors (Lipinski definition) is 3. The molecule has 1 unspecified atom stereocenters. The third-order valence-electron chi connectivity index (χ3n) is 1.56. The quantitative estimate of drug-likeness (QED) is 0.489. The van der Waals surface area contributed by atoms with Gasteiger partial charge in [0.05, 0.1) is 0 Å². The maximum Gasteiger partial charge on any atom is 0.523 e. The predicted molar refractivity (Wildman–Crippen MR) is 54.2 cm³/mol. The summed E-state index contributed by atoms with van der Waals surface area (Å²) in [6, 6.07) is 7.61.